The number of hydrogen-bond acceptors (Lipinski definition) is 1. The van der Waals surface area contributed by atoms with E-state index in [1.807, 2.05) is 0 Å². The fourth-order valence-corrected chi connectivity index (χ4v) is 3.35. The Hall–Kier alpha value is -0.330. The van der Waals surface area contributed by atoms with Gasteiger partial charge in [-0.15, -0.1) is 0 Å². The lowest BCUT2D eigenvalue weighted by Gasteiger charge is -2.34. The lowest BCUT2D eigenvalue weighted by atomic mass is 9.70. The highest BCUT2D eigenvalue weighted by Crippen LogP contribution is 2.38. The van der Waals surface area contributed by atoms with E-state index in [9.17, 15) is 4.79 Å². The fraction of sp³-hybridized carbons (Fsp3) is 0.923. The summed E-state index contributed by atoms with van der Waals surface area (Å²) < 4.78 is 0. The van der Waals surface area contributed by atoms with Gasteiger partial charge in [0.2, 0.25) is 0 Å². The third-order valence-corrected chi connectivity index (χ3v) is 4.15. The molecule has 0 aromatic rings. The second-order valence-corrected chi connectivity index (χ2v) is 5.35. The molecule has 0 saturated heterocycles. The second kappa shape index (κ2) is 4.46. The monoisotopic (exact) mass is 194 g/mol. The molecule has 0 bridgehead atoms. The van der Waals surface area contributed by atoms with E-state index >= 15 is 0 Å². The van der Waals surface area contributed by atoms with Crippen LogP contribution < -0.4 is 0 Å². The first kappa shape index (κ1) is 10.2. The van der Waals surface area contributed by atoms with Gasteiger partial charge >= 0.3 is 0 Å². The molecule has 2 saturated carbocycles. The van der Waals surface area contributed by atoms with Crippen molar-refractivity contribution in [1.29, 1.82) is 0 Å². The molecular weight excluding hydrogens is 172 g/mol. The molecule has 0 N–H and O–H groups in total. The first-order valence-electron chi connectivity index (χ1n) is 6.30. The van der Waals surface area contributed by atoms with Crippen LogP contribution in [0.3, 0.4) is 0 Å². The minimum atomic E-state index is 0.450. The summed E-state index contributed by atoms with van der Waals surface area (Å²) in [5.74, 6) is 2.64. The first-order valence-corrected chi connectivity index (χ1v) is 6.30. The zero-order chi connectivity index (χ0) is 9.97. The average molecular weight is 194 g/mol. The minimum Gasteiger partial charge on any atom is -0.299 e. The molecule has 2 fully saturated rings. The third kappa shape index (κ3) is 2.18. The lowest BCUT2D eigenvalue weighted by Crippen LogP contribution is -2.30. The highest BCUT2D eigenvalue weighted by atomic mass is 16.1. The van der Waals surface area contributed by atoms with Gasteiger partial charge in [0.1, 0.15) is 5.78 Å². The average Bonchev–Trinajstić information content (AvgIpc) is 2.18. The van der Waals surface area contributed by atoms with Crippen molar-refractivity contribution in [2.24, 2.45) is 17.8 Å². The molecule has 0 amide bonds. The van der Waals surface area contributed by atoms with Gasteiger partial charge in [-0.3, -0.25) is 4.79 Å². The Labute approximate surface area is 87.3 Å². The van der Waals surface area contributed by atoms with E-state index in [1.54, 1.807) is 0 Å². The fourth-order valence-electron chi connectivity index (χ4n) is 3.35. The summed E-state index contributed by atoms with van der Waals surface area (Å²) >= 11 is 0. The summed E-state index contributed by atoms with van der Waals surface area (Å²) in [4.78, 5) is 11.8. The van der Waals surface area contributed by atoms with Crippen molar-refractivity contribution in [3.05, 3.63) is 0 Å². The van der Waals surface area contributed by atoms with Crippen LogP contribution in [0.4, 0.5) is 0 Å². The number of carbonyl (C=O) groups excluding carboxylic acids is 1. The van der Waals surface area contributed by atoms with Gasteiger partial charge in [0.25, 0.3) is 0 Å². The topological polar surface area (TPSA) is 17.1 Å². The Kier molecular flexibility index (Phi) is 3.25. The van der Waals surface area contributed by atoms with E-state index < -0.39 is 0 Å². The van der Waals surface area contributed by atoms with Gasteiger partial charge in [-0.05, 0) is 37.5 Å². The number of ketones is 1. The van der Waals surface area contributed by atoms with Crippen LogP contribution in [0.2, 0.25) is 0 Å². The van der Waals surface area contributed by atoms with Crippen LogP contribution in [0.5, 0.6) is 0 Å². The van der Waals surface area contributed by atoms with Gasteiger partial charge in [-0.2, -0.15) is 0 Å². The summed E-state index contributed by atoms with van der Waals surface area (Å²) in [6, 6.07) is 0. The van der Waals surface area contributed by atoms with Gasteiger partial charge in [-0.1, -0.05) is 26.2 Å². The predicted octanol–water partition coefficient (Wildman–Crippen LogP) is 3.57. The number of Topliss-reactive ketones (excluding diaryl/α,β-unsaturated/α-hetero) is 1. The molecule has 0 radical (unpaired) electrons. The molecule has 2 aliphatic carbocycles. The Morgan fingerprint density at radius 1 is 1.07 bits per heavy atom. The molecule has 2 rings (SSSR count). The summed E-state index contributed by atoms with van der Waals surface area (Å²) in [6.45, 7) is 2.35. The highest BCUT2D eigenvalue weighted by Gasteiger charge is 2.32. The summed E-state index contributed by atoms with van der Waals surface area (Å²) in [6.07, 6.45) is 9.88. The predicted molar refractivity (Wildman–Crippen MR) is 58.1 cm³/mol. The zero-order valence-electron chi connectivity index (χ0n) is 9.30. The maximum atomic E-state index is 11.8. The molecule has 1 nitrogen and oxygen atoms in total. The molecule has 14 heavy (non-hydrogen) atoms. The van der Waals surface area contributed by atoms with Crippen molar-refractivity contribution in [3.63, 3.8) is 0 Å². The standard InChI is InChI=1S/C13H22O/c1-10-5-4-6-11(9-10)12-7-2-3-8-13(12)14/h10-12H,2-9H2,1H3. The Bertz CT molecular complexity index is 209. The Morgan fingerprint density at radius 3 is 2.64 bits per heavy atom. The van der Waals surface area contributed by atoms with Crippen molar-refractivity contribution in [2.45, 2.75) is 58.3 Å². The van der Waals surface area contributed by atoms with E-state index in [0.717, 1.165) is 24.7 Å². The van der Waals surface area contributed by atoms with Crippen molar-refractivity contribution < 1.29 is 4.79 Å². The Balaban J connectivity index is 1.94. The number of rotatable bonds is 1. The molecule has 3 atom stereocenters. The first-order chi connectivity index (χ1) is 6.77. The van der Waals surface area contributed by atoms with Crippen molar-refractivity contribution in [2.75, 3.05) is 0 Å². The molecule has 0 aromatic carbocycles. The number of carbonyl (C=O) groups is 1. The van der Waals surface area contributed by atoms with Gasteiger partial charge in [0.05, 0.1) is 0 Å². The lowest BCUT2D eigenvalue weighted by molar-refractivity contribution is -0.127. The highest BCUT2D eigenvalue weighted by molar-refractivity contribution is 5.81. The van der Waals surface area contributed by atoms with E-state index in [4.69, 9.17) is 0 Å². The van der Waals surface area contributed by atoms with Gasteiger partial charge in [0, 0.05) is 12.3 Å². The van der Waals surface area contributed by atoms with Crippen LogP contribution in [0.25, 0.3) is 0 Å². The van der Waals surface area contributed by atoms with E-state index in [0.29, 0.717) is 11.7 Å². The van der Waals surface area contributed by atoms with Crippen molar-refractivity contribution in [3.8, 4) is 0 Å². The van der Waals surface area contributed by atoms with E-state index in [1.165, 1.54) is 38.5 Å². The molecular formula is C13H22O. The zero-order valence-corrected chi connectivity index (χ0v) is 9.30. The molecule has 0 aliphatic heterocycles. The molecule has 0 aromatic heterocycles. The van der Waals surface area contributed by atoms with Gasteiger partial charge in [-0.25, -0.2) is 0 Å². The van der Waals surface area contributed by atoms with Crippen LogP contribution >= 0.6 is 0 Å². The quantitative estimate of drug-likeness (QED) is 0.623. The molecule has 1 heteroatoms. The second-order valence-electron chi connectivity index (χ2n) is 5.35. The maximum absolute atomic E-state index is 11.8. The van der Waals surface area contributed by atoms with Gasteiger partial charge < -0.3 is 0 Å². The SMILES string of the molecule is CC1CCCC(C2CCCCC2=O)C1. The summed E-state index contributed by atoms with van der Waals surface area (Å²) in [7, 11) is 0. The van der Waals surface area contributed by atoms with Crippen LogP contribution in [0.1, 0.15) is 58.3 Å². The van der Waals surface area contributed by atoms with Crippen LogP contribution in [0.15, 0.2) is 0 Å². The summed E-state index contributed by atoms with van der Waals surface area (Å²) in [5, 5.41) is 0. The molecule has 2 aliphatic rings. The minimum absolute atomic E-state index is 0.450. The molecule has 3 unspecified atom stereocenters. The van der Waals surface area contributed by atoms with Crippen LogP contribution in [-0.4, -0.2) is 5.78 Å². The largest absolute Gasteiger partial charge is 0.299 e. The number of hydrogen-bond donors (Lipinski definition) is 0. The Morgan fingerprint density at radius 2 is 1.93 bits per heavy atom. The van der Waals surface area contributed by atoms with Crippen LogP contribution in [0, 0.1) is 17.8 Å². The van der Waals surface area contributed by atoms with E-state index in [2.05, 4.69) is 6.92 Å². The van der Waals surface area contributed by atoms with Gasteiger partial charge in [0.15, 0.2) is 0 Å². The maximum Gasteiger partial charge on any atom is 0.136 e. The normalized spacial score (nSPS) is 39.8. The smallest absolute Gasteiger partial charge is 0.136 e. The molecule has 0 heterocycles. The molecule has 0 spiro atoms. The van der Waals surface area contributed by atoms with Crippen LogP contribution in [-0.2, 0) is 4.79 Å². The van der Waals surface area contributed by atoms with Crippen molar-refractivity contribution >= 4 is 5.78 Å². The molecule has 80 valence electrons. The van der Waals surface area contributed by atoms with E-state index in [-0.39, 0.29) is 0 Å². The van der Waals surface area contributed by atoms with Crippen molar-refractivity contribution in [1.82, 2.24) is 0 Å². The summed E-state index contributed by atoms with van der Waals surface area (Å²) in [5.41, 5.74) is 0. The third-order valence-electron chi connectivity index (χ3n) is 4.15.